The van der Waals surface area contributed by atoms with Crippen molar-refractivity contribution in [1.82, 2.24) is 5.32 Å². The molecule has 0 aliphatic carbocycles. The fourth-order valence-corrected chi connectivity index (χ4v) is 2.58. The summed E-state index contributed by atoms with van der Waals surface area (Å²) in [6.07, 6.45) is 2.90. The van der Waals surface area contributed by atoms with Crippen molar-refractivity contribution < 1.29 is 32.7 Å². The van der Waals surface area contributed by atoms with E-state index >= 15 is 0 Å². The van der Waals surface area contributed by atoms with Crippen LogP contribution in [0.5, 0.6) is 11.5 Å². The van der Waals surface area contributed by atoms with Crippen LogP contribution in [0.1, 0.15) is 17.5 Å². The average Bonchev–Trinajstić information content (AvgIpc) is 2.75. The van der Waals surface area contributed by atoms with E-state index in [0.29, 0.717) is 26.2 Å². The van der Waals surface area contributed by atoms with Crippen LogP contribution < -0.4 is 14.8 Å². The SMILES string of the molecule is COc1cc(/C=C/C(=O)NCCCOCc2ccccc2)c([N+](=O)[O-])cc1OC(F)F. The molecule has 0 unspecified atom stereocenters. The number of halogens is 2. The molecule has 0 heterocycles. The Morgan fingerprint density at radius 3 is 2.61 bits per heavy atom. The molecule has 0 saturated heterocycles. The van der Waals surface area contributed by atoms with Crippen molar-refractivity contribution in [3.05, 3.63) is 69.8 Å². The Morgan fingerprint density at radius 2 is 1.97 bits per heavy atom. The highest BCUT2D eigenvalue weighted by Crippen LogP contribution is 2.36. The van der Waals surface area contributed by atoms with Crippen molar-refractivity contribution in [3.63, 3.8) is 0 Å². The smallest absolute Gasteiger partial charge is 0.387 e. The Kier molecular flexibility index (Phi) is 9.37. The first-order valence-corrected chi connectivity index (χ1v) is 9.29. The van der Waals surface area contributed by atoms with Crippen LogP contribution in [-0.2, 0) is 16.1 Å². The van der Waals surface area contributed by atoms with Gasteiger partial charge < -0.3 is 19.5 Å². The molecule has 8 nitrogen and oxygen atoms in total. The number of amides is 1. The first kappa shape index (κ1) is 23.7. The lowest BCUT2D eigenvalue weighted by Gasteiger charge is -2.10. The molecular formula is C21H22F2N2O6. The summed E-state index contributed by atoms with van der Waals surface area (Å²) in [4.78, 5) is 22.4. The number of hydrogen-bond donors (Lipinski definition) is 1. The van der Waals surface area contributed by atoms with Gasteiger partial charge in [0.1, 0.15) is 0 Å². The highest BCUT2D eigenvalue weighted by molar-refractivity contribution is 5.92. The van der Waals surface area contributed by atoms with Gasteiger partial charge in [0.05, 0.1) is 30.3 Å². The predicted molar refractivity (Wildman–Crippen MR) is 109 cm³/mol. The van der Waals surface area contributed by atoms with Crippen LogP contribution in [0.3, 0.4) is 0 Å². The number of carbonyl (C=O) groups is 1. The third-order valence-electron chi connectivity index (χ3n) is 4.02. The van der Waals surface area contributed by atoms with Gasteiger partial charge in [0.15, 0.2) is 11.5 Å². The number of nitrogens with zero attached hydrogens (tertiary/aromatic N) is 1. The van der Waals surface area contributed by atoms with Crippen LogP contribution >= 0.6 is 0 Å². The van der Waals surface area contributed by atoms with Gasteiger partial charge in [0, 0.05) is 19.2 Å². The first-order valence-electron chi connectivity index (χ1n) is 9.29. The van der Waals surface area contributed by atoms with Gasteiger partial charge in [0.25, 0.3) is 5.69 Å². The quantitative estimate of drug-likeness (QED) is 0.234. The van der Waals surface area contributed by atoms with Crippen LogP contribution in [0, 0.1) is 10.1 Å². The zero-order valence-electron chi connectivity index (χ0n) is 16.8. The molecule has 2 aromatic rings. The molecule has 166 valence electrons. The van der Waals surface area contributed by atoms with Gasteiger partial charge in [-0.15, -0.1) is 0 Å². The van der Waals surface area contributed by atoms with E-state index in [9.17, 15) is 23.7 Å². The summed E-state index contributed by atoms with van der Waals surface area (Å²) < 4.78 is 39.7. The van der Waals surface area contributed by atoms with Crippen LogP contribution in [0.4, 0.5) is 14.5 Å². The van der Waals surface area contributed by atoms with Gasteiger partial charge in [-0.1, -0.05) is 30.3 Å². The number of hydrogen-bond acceptors (Lipinski definition) is 6. The zero-order valence-corrected chi connectivity index (χ0v) is 16.8. The lowest BCUT2D eigenvalue weighted by atomic mass is 10.1. The standard InChI is InChI=1S/C21H22F2N2O6/c1-29-18-12-16(17(25(27)28)13-19(18)31-21(22)23)8-9-20(26)24-10-5-11-30-14-15-6-3-2-4-7-15/h2-4,6-9,12-13,21H,5,10-11,14H2,1H3,(H,24,26)/b9-8+. The summed E-state index contributed by atoms with van der Waals surface area (Å²) in [5.41, 5.74) is 0.552. The molecule has 0 bridgehead atoms. The molecule has 0 fully saturated rings. The van der Waals surface area contributed by atoms with Gasteiger partial charge in [0.2, 0.25) is 5.91 Å². The Labute approximate surface area is 177 Å². The van der Waals surface area contributed by atoms with Crippen molar-refractivity contribution in [2.45, 2.75) is 19.6 Å². The number of nitro benzene ring substituents is 1. The molecule has 1 N–H and O–H groups in total. The molecule has 31 heavy (non-hydrogen) atoms. The molecule has 2 rings (SSSR count). The van der Waals surface area contributed by atoms with E-state index in [2.05, 4.69) is 10.1 Å². The Bertz CT molecular complexity index is 906. The maximum Gasteiger partial charge on any atom is 0.387 e. The number of ether oxygens (including phenoxy) is 3. The van der Waals surface area contributed by atoms with E-state index in [1.807, 2.05) is 30.3 Å². The Hall–Kier alpha value is -3.53. The normalized spacial score (nSPS) is 11.0. The van der Waals surface area contributed by atoms with E-state index in [1.54, 1.807) is 0 Å². The van der Waals surface area contributed by atoms with Crippen LogP contribution in [-0.4, -0.2) is 37.7 Å². The number of carbonyl (C=O) groups excluding carboxylic acids is 1. The van der Waals surface area contributed by atoms with Crippen LogP contribution in [0.25, 0.3) is 6.08 Å². The first-order chi connectivity index (χ1) is 14.9. The molecular weight excluding hydrogens is 414 g/mol. The van der Waals surface area contributed by atoms with Gasteiger partial charge in [-0.25, -0.2) is 0 Å². The van der Waals surface area contributed by atoms with Gasteiger partial charge >= 0.3 is 6.61 Å². The second kappa shape index (κ2) is 12.2. The Balaban J connectivity index is 1.88. The van der Waals surface area contributed by atoms with E-state index in [1.165, 1.54) is 13.2 Å². The summed E-state index contributed by atoms with van der Waals surface area (Å²) in [6.45, 7) is -1.89. The summed E-state index contributed by atoms with van der Waals surface area (Å²) in [6, 6.07) is 11.6. The molecule has 2 aromatic carbocycles. The maximum absolute atomic E-state index is 12.5. The number of alkyl halides is 2. The fourth-order valence-electron chi connectivity index (χ4n) is 2.58. The number of benzene rings is 2. The van der Waals surface area contributed by atoms with Gasteiger partial charge in [-0.05, 0) is 24.1 Å². The lowest BCUT2D eigenvalue weighted by molar-refractivity contribution is -0.385. The van der Waals surface area contributed by atoms with Crippen LogP contribution in [0.2, 0.25) is 0 Å². The highest BCUT2D eigenvalue weighted by atomic mass is 19.3. The predicted octanol–water partition coefficient (Wildman–Crippen LogP) is 3.94. The minimum atomic E-state index is -3.17. The molecule has 0 aliphatic rings. The van der Waals surface area contributed by atoms with Crippen molar-refractivity contribution in [1.29, 1.82) is 0 Å². The van der Waals surface area contributed by atoms with Crippen molar-refractivity contribution >= 4 is 17.7 Å². The van der Waals surface area contributed by atoms with Gasteiger partial charge in [-0.2, -0.15) is 8.78 Å². The van der Waals surface area contributed by atoms with Crippen molar-refractivity contribution in [2.75, 3.05) is 20.3 Å². The molecule has 0 aliphatic heterocycles. The minimum absolute atomic E-state index is 0.00445. The highest BCUT2D eigenvalue weighted by Gasteiger charge is 2.20. The summed E-state index contributed by atoms with van der Waals surface area (Å²) >= 11 is 0. The third-order valence-corrected chi connectivity index (χ3v) is 4.02. The maximum atomic E-state index is 12.5. The number of nitrogens with one attached hydrogen (secondary N) is 1. The summed E-state index contributed by atoms with van der Waals surface area (Å²) in [5.74, 6) is -1.06. The summed E-state index contributed by atoms with van der Waals surface area (Å²) in [5, 5.41) is 13.9. The largest absolute Gasteiger partial charge is 0.493 e. The monoisotopic (exact) mass is 436 g/mol. The average molecular weight is 436 g/mol. The van der Waals surface area contributed by atoms with Crippen LogP contribution in [0.15, 0.2) is 48.5 Å². The zero-order chi connectivity index (χ0) is 22.6. The number of methoxy groups -OCH3 is 1. The molecule has 10 heteroatoms. The summed E-state index contributed by atoms with van der Waals surface area (Å²) in [7, 11) is 1.21. The molecule has 0 spiro atoms. The number of rotatable bonds is 12. The fraction of sp³-hybridized carbons (Fsp3) is 0.286. The number of nitro groups is 1. The molecule has 0 saturated carbocycles. The van der Waals surface area contributed by atoms with E-state index in [4.69, 9.17) is 9.47 Å². The van der Waals surface area contributed by atoms with E-state index in [0.717, 1.165) is 23.8 Å². The lowest BCUT2D eigenvalue weighted by Crippen LogP contribution is -2.23. The van der Waals surface area contributed by atoms with Gasteiger partial charge in [-0.3, -0.25) is 14.9 Å². The Morgan fingerprint density at radius 1 is 1.23 bits per heavy atom. The molecule has 0 atom stereocenters. The van der Waals surface area contributed by atoms with E-state index in [-0.39, 0.29) is 11.3 Å². The minimum Gasteiger partial charge on any atom is -0.493 e. The van der Waals surface area contributed by atoms with Crippen molar-refractivity contribution in [3.8, 4) is 11.5 Å². The second-order valence-corrected chi connectivity index (χ2v) is 6.21. The van der Waals surface area contributed by atoms with Crippen molar-refractivity contribution in [2.24, 2.45) is 0 Å². The second-order valence-electron chi connectivity index (χ2n) is 6.21. The molecule has 1 amide bonds. The topological polar surface area (TPSA) is 99.9 Å². The third kappa shape index (κ3) is 8.01. The molecule has 0 aromatic heterocycles. The van der Waals surface area contributed by atoms with E-state index < -0.39 is 28.9 Å². The molecule has 0 radical (unpaired) electrons.